The standard InChI is InChI=1S/C15H26N2O2/c18-14-6-2-1-5-13-12(16-14)7-10-17(13)11-15(19)8-3-4-9-15/h12-13,19H,1-11H2,(H,16,18)/t12-,13+/m0/s1. The Kier molecular flexibility index (Phi) is 3.81. The average Bonchev–Trinajstić information content (AvgIpc) is 2.91. The molecule has 19 heavy (non-hydrogen) atoms. The van der Waals surface area contributed by atoms with E-state index < -0.39 is 5.60 Å². The van der Waals surface area contributed by atoms with Crippen LogP contribution in [0.1, 0.15) is 57.8 Å². The number of hydrogen-bond acceptors (Lipinski definition) is 3. The van der Waals surface area contributed by atoms with E-state index in [4.69, 9.17) is 0 Å². The quantitative estimate of drug-likeness (QED) is 0.795. The van der Waals surface area contributed by atoms with E-state index in [9.17, 15) is 9.90 Å². The molecule has 2 atom stereocenters. The summed E-state index contributed by atoms with van der Waals surface area (Å²) in [5, 5.41) is 13.8. The number of β-amino-alcohol motifs (C(OH)–C–C–N with tert-alkyl or cyclic N) is 1. The number of nitrogens with zero attached hydrogens (tertiary/aromatic N) is 1. The highest BCUT2D eigenvalue weighted by Crippen LogP contribution is 2.33. The van der Waals surface area contributed by atoms with Gasteiger partial charge in [-0.05, 0) is 32.1 Å². The van der Waals surface area contributed by atoms with Crippen LogP contribution < -0.4 is 5.32 Å². The van der Waals surface area contributed by atoms with E-state index in [-0.39, 0.29) is 5.91 Å². The minimum Gasteiger partial charge on any atom is -0.389 e. The van der Waals surface area contributed by atoms with Crippen molar-refractivity contribution in [2.45, 2.75) is 75.5 Å². The molecule has 2 aliphatic heterocycles. The maximum Gasteiger partial charge on any atom is 0.220 e. The fourth-order valence-corrected chi connectivity index (χ4v) is 4.15. The fourth-order valence-electron chi connectivity index (χ4n) is 4.15. The molecule has 2 saturated heterocycles. The van der Waals surface area contributed by atoms with Crippen molar-refractivity contribution in [1.29, 1.82) is 0 Å². The Balaban J connectivity index is 1.64. The smallest absolute Gasteiger partial charge is 0.220 e. The molecule has 4 nitrogen and oxygen atoms in total. The van der Waals surface area contributed by atoms with E-state index in [2.05, 4.69) is 10.2 Å². The molecule has 1 aliphatic carbocycles. The van der Waals surface area contributed by atoms with Gasteiger partial charge in [-0.15, -0.1) is 0 Å². The molecule has 4 heteroatoms. The molecule has 0 aromatic carbocycles. The van der Waals surface area contributed by atoms with Crippen molar-refractivity contribution >= 4 is 5.91 Å². The second-order valence-corrected chi connectivity index (χ2v) is 6.68. The van der Waals surface area contributed by atoms with Crippen LogP contribution in [0, 0.1) is 0 Å². The second-order valence-electron chi connectivity index (χ2n) is 6.68. The van der Waals surface area contributed by atoms with E-state index in [1.165, 1.54) is 6.42 Å². The summed E-state index contributed by atoms with van der Waals surface area (Å²) >= 11 is 0. The summed E-state index contributed by atoms with van der Waals surface area (Å²) in [6.45, 7) is 1.84. The molecule has 0 aromatic heterocycles. The number of nitrogens with one attached hydrogen (secondary N) is 1. The number of carbonyl (C=O) groups is 1. The zero-order valence-electron chi connectivity index (χ0n) is 11.7. The maximum absolute atomic E-state index is 11.7. The van der Waals surface area contributed by atoms with Crippen LogP contribution >= 0.6 is 0 Å². The summed E-state index contributed by atoms with van der Waals surface area (Å²) in [5.74, 6) is 0.219. The SMILES string of the molecule is O=C1CCCC[C@@H]2[C@H](CCN2CC2(O)CCCC2)N1. The van der Waals surface area contributed by atoms with Crippen LogP contribution in [0.3, 0.4) is 0 Å². The number of rotatable bonds is 2. The lowest BCUT2D eigenvalue weighted by molar-refractivity contribution is -0.122. The lowest BCUT2D eigenvalue weighted by Gasteiger charge is -2.35. The van der Waals surface area contributed by atoms with Crippen molar-refractivity contribution in [2.75, 3.05) is 13.1 Å². The summed E-state index contributed by atoms with van der Waals surface area (Å²) in [4.78, 5) is 14.2. The predicted octanol–water partition coefficient (Wildman–Crippen LogP) is 1.42. The first-order valence-corrected chi connectivity index (χ1v) is 7.92. The van der Waals surface area contributed by atoms with Gasteiger partial charge in [-0.3, -0.25) is 9.69 Å². The average molecular weight is 266 g/mol. The van der Waals surface area contributed by atoms with Crippen LogP contribution in [-0.4, -0.2) is 46.7 Å². The summed E-state index contributed by atoms with van der Waals surface area (Å²) in [6.07, 6.45) is 9.28. The van der Waals surface area contributed by atoms with E-state index >= 15 is 0 Å². The topological polar surface area (TPSA) is 52.6 Å². The molecule has 0 radical (unpaired) electrons. The van der Waals surface area contributed by atoms with Crippen molar-refractivity contribution in [1.82, 2.24) is 10.2 Å². The van der Waals surface area contributed by atoms with Gasteiger partial charge in [0.15, 0.2) is 0 Å². The van der Waals surface area contributed by atoms with Crippen LogP contribution in [0.4, 0.5) is 0 Å². The largest absolute Gasteiger partial charge is 0.389 e. The lowest BCUT2D eigenvalue weighted by atomic mass is 9.97. The monoisotopic (exact) mass is 266 g/mol. The molecule has 1 saturated carbocycles. The molecule has 3 fully saturated rings. The van der Waals surface area contributed by atoms with Gasteiger partial charge in [0.2, 0.25) is 5.91 Å². The van der Waals surface area contributed by atoms with Crippen molar-refractivity contribution in [3.63, 3.8) is 0 Å². The highest BCUT2D eigenvalue weighted by Gasteiger charge is 2.40. The number of likely N-dealkylation sites (tertiary alicyclic amines) is 1. The molecular weight excluding hydrogens is 240 g/mol. The third-order valence-electron chi connectivity index (χ3n) is 5.19. The van der Waals surface area contributed by atoms with Gasteiger partial charge in [0.25, 0.3) is 0 Å². The van der Waals surface area contributed by atoms with Crippen LogP contribution in [0.25, 0.3) is 0 Å². The minimum atomic E-state index is -0.457. The summed E-state index contributed by atoms with van der Waals surface area (Å²) < 4.78 is 0. The summed E-state index contributed by atoms with van der Waals surface area (Å²) in [6, 6.07) is 0.770. The van der Waals surface area contributed by atoms with Crippen LogP contribution in [0.5, 0.6) is 0 Å². The van der Waals surface area contributed by atoms with E-state index in [1.807, 2.05) is 0 Å². The highest BCUT2D eigenvalue weighted by atomic mass is 16.3. The first-order chi connectivity index (χ1) is 9.16. The number of hydrogen-bond donors (Lipinski definition) is 2. The molecule has 0 spiro atoms. The number of aliphatic hydroxyl groups is 1. The molecule has 3 aliphatic rings. The second kappa shape index (κ2) is 5.41. The molecule has 0 bridgehead atoms. The first-order valence-electron chi connectivity index (χ1n) is 7.92. The van der Waals surface area contributed by atoms with E-state index in [0.717, 1.165) is 58.0 Å². The zero-order chi connectivity index (χ0) is 13.3. The minimum absolute atomic E-state index is 0.219. The Morgan fingerprint density at radius 2 is 2.00 bits per heavy atom. The Morgan fingerprint density at radius 3 is 2.79 bits per heavy atom. The van der Waals surface area contributed by atoms with E-state index in [0.29, 0.717) is 18.5 Å². The molecular formula is C15H26N2O2. The summed E-state index contributed by atoms with van der Waals surface area (Å²) in [7, 11) is 0. The van der Waals surface area contributed by atoms with Crippen molar-refractivity contribution < 1.29 is 9.90 Å². The number of amides is 1. The lowest BCUT2D eigenvalue weighted by Crippen LogP contribution is -2.49. The van der Waals surface area contributed by atoms with E-state index in [1.54, 1.807) is 0 Å². The predicted molar refractivity (Wildman–Crippen MR) is 73.8 cm³/mol. The van der Waals surface area contributed by atoms with Gasteiger partial charge in [0.1, 0.15) is 0 Å². The molecule has 2 N–H and O–H groups in total. The van der Waals surface area contributed by atoms with Crippen LogP contribution in [-0.2, 0) is 4.79 Å². The Morgan fingerprint density at radius 1 is 1.21 bits per heavy atom. The van der Waals surface area contributed by atoms with Gasteiger partial charge in [0.05, 0.1) is 5.60 Å². The first kappa shape index (κ1) is 13.4. The van der Waals surface area contributed by atoms with Gasteiger partial charge in [0, 0.05) is 31.6 Å². The maximum atomic E-state index is 11.7. The normalized spacial score (nSPS) is 35.5. The summed E-state index contributed by atoms with van der Waals surface area (Å²) in [5.41, 5.74) is -0.457. The zero-order valence-corrected chi connectivity index (χ0v) is 11.7. The Labute approximate surface area is 115 Å². The van der Waals surface area contributed by atoms with Gasteiger partial charge < -0.3 is 10.4 Å². The van der Waals surface area contributed by atoms with Crippen LogP contribution in [0.15, 0.2) is 0 Å². The Hall–Kier alpha value is -0.610. The van der Waals surface area contributed by atoms with Crippen molar-refractivity contribution in [3.05, 3.63) is 0 Å². The molecule has 2 heterocycles. The van der Waals surface area contributed by atoms with Crippen molar-refractivity contribution in [2.24, 2.45) is 0 Å². The van der Waals surface area contributed by atoms with Gasteiger partial charge in [-0.1, -0.05) is 19.3 Å². The molecule has 1 amide bonds. The molecule has 3 rings (SSSR count). The van der Waals surface area contributed by atoms with Crippen LogP contribution in [0.2, 0.25) is 0 Å². The third kappa shape index (κ3) is 2.95. The highest BCUT2D eigenvalue weighted by molar-refractivity contribution is 5.76. The number of fused-ring (bicyclic) bond motifs is 1. The molecule has 0 unspecified atom stereocenters. The van der Waals surface area contributed by atoms with Crippen molar-refractivity contribution in [3.8, 4) is 0 Å². The molecule has 0 aromatic rings. The molecule has 108 valence electrons. The third-order valence-corrected chi connectivity index (χ3v) is 5.19. The van der Waals surface area contributed by atoms with Gasteiger partial charge >= 0.3 is 0 Å². The Bertz CT molecular complexity index is 339. The van der Waals surface area contributed by atoms with Gasteiger partial charge in [-0.2, -0.15) is 0 Å². The number of carbonyl (C=O) groups excluding carboxylic acids is 1. The fraction of sp³-hybridized carbons (Fsp3) is 0.933. The van der Waals surface area contributed by atoms with Gasteiger partial charge in [-0.25, -0.2) is 0 Å².